The standard InChI is InChI=1S/C13H21BrN2OS/c1-5-10(6-2)11(14)7-15-13(17)12-8(3)16-9(4)18-12/h10-11H,5-7H2,1-4H3,(H,15,17). The van der Waals surface area contributed by atoms with E-state index < -0.39 is 0 Å². The van der Waals surface area contributed by atoms with E-state index >= 15 is 0 Å². The average molecular weight is 333 g/mol. The molecule has 1 N–H and O–H groups in total. The number of nitrogens with zero attached hydrogens (tertiary/aromatic N) is 1. The van der Waals surface area contributed by atoms with Crippen LogP contribution in [0.2, 0.25) is 0 Å². The Bertz CT molecular complexity index is 402. The number of halogens is 1. The van der Waals surface area contributed by atoms with Crippen molar-refractivity contribution in [3.8, 4) is 0 Å². The van der Waals surface area contributed by atoms with Crippen LogP contribution in [-0.2, 0) is 0 Å². The molecular formula is C13H21BrN2OS. The van der Waals surface area contributed by atoms with Crippen molar-refractivity contribution in [1.82, 2.24) is 10.3 Å². The monoisotopic (exact) mass is 332 g/mol. The van der Waals surface area contributed by atoms with Crippen molar-refractivity contribution in [2.75, 3.05) is 6.54 Å². The molecule has 18 heavy (non-hydrogen) atoms. The van der Waals surface area contributed by atoms with E-state index in [9.17, 15) is 4.79 Å². The molecule has 0 bridgehead atoms. The van der Waals surface area contributed by atoms with Gasteiger partial charge in [0.1, 0.15) is 4.88 Å². The molecule has 0 aliphatic heterocycles. The second-order valence-electron chi connectivity index (χ2n) is 4.45. The lowest BCUT2D eigenvalue weighted by atomic mass is 9.99. The van der Waals surface area contributed by atoms with Gasteiger partial charge in [0.05, 0.1) is 10.7 Å². The van der Waals surface area contributed by atoms with Gasteiger partial charge >= 0.3 is 0 Å². The lowest BCUT2D eigenvalue weighted by Crippen LogP contribution is -2.32. The molecule has 1 heterocycles. The summed E-state index contributed by atoms with van der Waals surface area (Å²) >= 11 is 5.12. The fraction of sp³-hybridized carbons (Fsp3) is 0.692. The number of rotatable bonds is 6. The van der Waals surface area contributed by atoms with Crippen LogP contribution >= 0.6 is 27.3 Å². The normalized spacial score (nSPS) is 12.8. The molecule has 1 aromatic heterocycles. The van der Waals surface area contributed by atoms with Gasteiger partial charge in [-0.25, -0.2) is 4.98 Å². The highest BCUT2D eigenvalue weighted by Crippen LogP contribution is 2.20. The zero-order chi connectivity index (χ0) is 13.7. The smallest absolute Gasteiger partial charge is 0.263 e. The fourth-order valence-electron chi connectivity index (χ4n) is 1.98. The van der Waals surface area contributed by atoms with Crippen LogP contribution in [0.1, 0.15) is 47.1 Å². The molecule has 3 nitrogen and oxygen atoms in total. The lowest BCUT2D eigenvalue weighted by Gasteiger charge is -2.19. The summed E-state index contributed by atoms with van der Waals surface area (Å²) in [7, 11) is 0. The first-order valence-electron chi connectivity index (χ1n) is 6.35. The quantitative estimate of drug-likeness (QED) is 0.807. The van der Waals surface area contributed by atoms with Gasteiger partial charge in [-0.3, -0.25) is 4.79 Å². The number of amides is 1. The minimum Gasteiger partial charge on any atom is -0.350 e. The molecule has 102 valence electrons. The summed E-state index contributed by atoms with van der Waals surface area (Å²) in [4.78, 5) is 17.4. The minimum atomic E-state index is -0.00601. The summed E-state index contributed by atoms with van der Waals surface area (Å²) < 4.78 is 0. The zero-order valence-electron chi connectivity index (χ0n) is 11.4. The van der Waals surface area contributed by atoms with E-state index in [-0.39, 0.29) is 5.91 Å². The van der Waals surface area contributed by atoms with Gasteiger partial charge in [-0.15, -0.1) is 11.3 Å². The van der Waals surface area contributed by atoms with Crippen LogP contribution in [0.25, 0.3) is 0 Å². The third-order valence-corrected chi connectivity index (χ3v) is 5.27. The number of thiazole rings is 1. The maximum absolute atomic E-state index is 12.0. The molecule has 0 fully saturated rings. The summed E-state index contributed by atoms with van der Waals surface area (Å²) in [5.74, 6) is 0.600. The summed E-state index contributed by atoms with van der Waals surface area (Å²) in [6.45, 7) is 8.83. The third kappa shape index (κ3) is 4.05. The Morgan fingerprint density at radius 1 is 1.39 bits per heavy atom. The van der Waals surface area contributed by atoms with Crippen LogP contribution < -0.4 is 5.32 Å². The first kappa shape index (κ1) is 15.6. The Morgan fingerprint density at radius 3 is 2.44 bits per heavy atom. The van der Waals surface area contributed by atoms with Crippen LogP contribution in [0.3, 0.4) is 0 Å². The van der Waals surface area contributed by atoms with Gasteiger partial charge in [-0.2, -0.15) is 0 Å². The van der Waals surface area contributed by atoms with Crippen LogP contribution in [0.4, 0.5) is 0 Å². The molecule has 1 amide bonds. The van der Waals surface area contributed by atoms with E-state index in [2.05, 4.69) is 40.1 Å². The summed E-state index contributed by atoms with van der Waals surface area (Å²) in [5.41, 5.74) is 0.823. The van der Waals surface area contributed by atoms with Crippen molar-refractivity contribution >= 4 is 33.2 Å². The second-order valence-corrected chi connectivity index (χ2v) is 6.83. The lowest BCUT2D eigenvalue weighted by molar-refractivity contribution is 0.0955. The number of hydrogen-bond donors (Lipinski definition) is 1. The van der Waals surface area contributed by atoms with E-state index in [1.54, 1.807) is 0 Å². The summed E-state index contributed by atoms with van der Waals surface area (Å²) in [6.07, 6.45) is 2.25. The number of carbonyl (C=O) groups excluding carboxylic acids is 1. The first-order chi connectivity index (χ1) is 8.49. The molecule has 0 aliphatic carbocycles. The molecule has 1 rings (SSSR count). The van der Waals surface area contributed by atoms with E-state index in [4.69, 9.17) is 0 Å². The van der Waals surface area contributed by atoms with Crippen molar-refractivity contribution in [2.45, 2.75) is 45.4 Å². The van der Waals surface area contributed by atoms with Crippen LogP contribution in [0.15, 0.2) is 0 Å². The van der Waals surface area contributed by atoms with Crippen molar-refractivity contribution in [1.29, 1.82) is 0 Å². The molecule has 0 aromatic carbocycles. The average Bonchev–Trinajstić information content (AvgIpc) is 2.67. The Labute approximate surface area is 122 Å². The molecule has 0 spiro atoms. The van der Waals surface area contributed by atoms with Gasteiger partial charge in [0.2, 0.25) is 0 Å². The fourth-order valence-corrected chi connectivity index (χ4v) is 3.73. The van der Waals surface area contributed by atoms with Gasteiger partial charge in [0.25, 0.3) is 5.91 Å². The number of aryl methyl sites for hydroxylation is 2. The molecule has 5 heteroatoms. The van der Waals surface area contributed by atoms with Crippen LogP contribution in [0, 0.1) is 19.8 Å². The highest BCUT2D eigenvalue weighted by Gasteiger charge is 2.18. The number of carbonyl (C=O) groups is 1. The summed E-state index contributed by atoms with van der Waals surface area (Å²) in [6, 6.07) is 0. The predicted molar refractivity (Wildman–Crippen MR) is 80.7 cm³/mol. The van der Waals surface area contributed by atoms with Crippen molar-refractivity contribution in [3.05, 3.63) is 15.6 Å². The topological polar surface area (TPSA) is 42.0 Å². The largest absolute Gasteiger partial charge is 0.350 e. The molecule has 0 radical (unpaired) electrons. The third-order valence-electron chi connectivity index (χ3n) is 3.13. The van der Waals surface area contributed by atoms with Gasteiger partial charge in [0, 0.05) is 11.4 Å². The molecule has 0 saturated heterocycles. The van der Waals surface area contributed by atoms with E-state index in [0.29, 0.717) is 17.3 Å². The maximum atomic E-state index is 12.0. The van der Waals surface area contributed by atoms with E-state index in [1.165, 1.54) is 11.3 Å². The highest BCUT2D eigenvalue weighted by molar-refractivity contribution is 9.09. The van der Waals surface area contributed by atoms with E-state index in [0.717, 1.165) is 28.4 Å². The minimum absolute atomic E-state index is 0.00601. The highest BCUT2D eigenvalue weighted by atomic mass is 79.9. The summed E-state index contributed by atoms with van der Waals surface area (Å²) in [5, 5.41) is 3.92. The van der Waals surface area contributed by atoms with Crippen LogP contribution in [0.5, 0.6) is 0 Å². The number of nitrogens with one attached hydrogen (secondary N) is 1. The van der Waals surface area contributed by atoms with Crippen molar-refractivity contribution in [2.24, 2.45) is 5.92 Å². The Hall–Kier alpha value is -0.420. The van der Waals surface area contributed by atoms with Gasteiger partial charge in [0.15, 0.2) is 0 Å². The van der Waals surface area contributed by atoms with Crippen molar-refractivity contribution in [3.63, 3.8) is 0 Å². The zero-order valence-corrected chi connectivity index (χ0v) is 13.8. The number of aromatic nitrogens is 1. The molecular weight excluding hydrogens is 312 g/mol. The van der Waals surface area contributed by atoms with Gasteiger partial charge < -0.3 is 5.32 Å². The Kier molecular flexibility index (Phi) is 6.29. The molecule has 1 atom stereocenters. The Balaban J connectivity index is 2.53. The van der Waals surface area contributed by atoms with Crippen molar-refractivity contribution < 1.29 is 4.79 Å². The Morgan fingerprint density at radius 2 is 2.00 bits per heavy atom. The van der Waals surface area contributed by atoms with E-state index in [1.807, 2.05) is 13.8 Å². The van der Waals surface area contributed by atoms with Crippen LogP contribution in [-0.4, -0.2) is 22.3 Å². The second kappa shape index (κ2) is 7.24. The SMILES string of the molecule is CCC(CC)C(Br)CNC(=O)c1sc(C)nc1C. The first-order valence-corrected chi connectivity index (χ1v) is 8.09. The molecule has 1 unspecified atom stereocenters. The number of hydrogen-bond acceptors (Lipinski definition) is 3. The van der Waals surface area contributed by atoms with Gasteiger partial charge in [-0.05, 0) is 19.8 Å². The predicted octanol–water partition coefficient (Wildman–Crippen LogP) is 3.69. The van der Waals surface area contributed by atoms with Gasteiger partial charge in [-0.1, -0.05) is 42.6 Å². The number of alkyl halides is 1. The maximum Gasteiger partial charge on any atom is 0.263 e. The molecule has 1 aromatic rings. The molecule has 0 saturated carbocycles. The molecule has 0 aliphatic rings.